The number of esters is 1. The highest BCUT2D eigenvalue weighted by molar-refractivity contribution is 6.08. The van der Waals surface area contributed by atoms with Crippen LogP contribution in [0, 0.1) is 11.8 Å². The fourth-order valence-corrected chi connectivity index (χ4v) is 5.51. The highest BCUT2D eigenvalue weighted by atomic mass is 16.7. The molecule has 4 aliphatic rings. The van der Waals surface area contributed by atoms with E-state index < -0.39 is 17.5 Å². The number of carbonyl (C=O) groups is 2. The van der Waals surface area contributed by atoms with Gasteiger partial charge in [0.25, 0.3) is 0 Å². The fraction of sp³-hybridized carbons (Fsp3) is 0.481. The zero-order valence-corrected chi connectivity index (χ0v) is 20.9. The third kappa shape index (κ3) is 3.18. The largest absolute Gasteiger partial charge is 0.493 e. The van der Waals surface area contributed by atoms with Crippen LogP contribution in [0.15, 0.2) is 40.9 Å². The second-order valence-electron chi connectivity index (χ2n) is 9.54. The average Bonchev–Trinajstić information content (AvgIpc) is 3.48. The number of ether oxygens (including phenoxy) is 6. The molecule has 2 aliphatic carbocycles. The molecule has 4 unspecified atom stereocenters. The van der Waals surface area contributed by atoms with E-state index in [0.717, 1.165) is 5.57 Å². The quantitative estimate of drug-likeness (QED) is 0.464. The number of ketones is 1. The summed E-state index contributed by atoms with van der Waals surface area (Å²) in [7, 11) is 2.98. The van der Waals surface area contributed by atoms with E-state index >= 15 is 0 Å². The Balaban J connectivity index is 1.80. The van der Waals surface area contributed by atoms with Crippen molar-refractivity contribution < 1.29 is 38.0 Å². The van der Waals surface area contributed by atoms with Crippen LogP contribution in [0.5, 0.6) is 17.2 Å². The van der Waals surface area contributed by atoms with Crippen LogP contribution in [-0.4, -0.2) is 39.4 Å². The van der Waals surface area contributed by atoms with Crippen LogP contribution in [0.1, 0.15) is 51.3 Å². The van der Waals surface area contributed by atoms with Crippen LogP contribution >= 0.6 is 0 Å². The Morgan fingerprint density at radius 1 is 1.14 bits per heavy atom. The van der Waals surface area contributed by atoms with E-state index in [0.29, 0.717) is 46.1 Å². The van der Waals surface area contributed by atoms with Gasteiger partial charge in [0.1, 0.15) is 18.1 Å². The van der Waals surface area contributed by atoms with Gasteiger partial charge < -0.3 is 28.4 Å². The van der Waals surface area contributed by atoms with E-state index in [1.165, 1.54) is 14.2 Å². The molecule has 0 aromatic heterocycles. The van der Waals surface area contributed by atoms with Crippen molar-refractivity contribution in [3.05, 3.63) is 52.0 Å². The summed E-state index contributed by atoms with van der Waals surface area (Å²) in [6, 6.07) is 1.84. The molecule has 1 aromatic rings. The maximum atomic E-state index is 14.2. The molecule has 0 bridgehead atoms. The first kappa shape index (κ1) is 23.3. The first-order valence-electron chi connectivity index (χ1n) is 11.8. The summed E-state index contributed by atoms with van der Waals surface area (Å²) in [6.45, 7) is 7.81. The number of methoxy groups -OCH3 is 2. The molecule has 5 rings (SSSR count). The maximum Gasteiger partial charge on any atom is 0.333 e. The Morgan fingerprint density at radius 2 is 1.91 bits per heavy atom. The molecule has 1 spiro atoms. The van der Waals surface area contributed by atoms with Crippen molar-refractivity contribution in [3.8, 4) is 17.2 Å². The predicted octanol–water partition coefficient (Wildman–Crippen LogP) is 4.29. The molecule has 0 saturated heterocycles. The lowest BCUT2D eigenvalue weighted by Crippen LogP contribution is -2.46. The molecule has 1 aromatic carbocycles. The lowest BCUT2D eigenvalue weighted by Gasteiger charge is -2.41. The van der Waals surface area contributed by atoms with Crippen LogP contribution in [0.3, 0.4) is 0 Å². The van der Waals surface area contributed by atoms with Gasteiger partial charge in [-0.2, -0.15) is 0 Å². The molecule has 0 radical (unpaired) electrons. The molecule has 0 fully saturated rings. The van der Waals surface area contributed by atoms with Crippen molar-refractivity contribution in [1.82, 2.24) is 0 Å². The SMILES string of the molecule is C/C=C(/C)C(=O)OC1c2cc3c(c4c2C2(CO4)C(=O)C(OC)=C(OC)C=C2CC(C)C1C)OCO3. The standard InChI is InChI=1S/C27H30O8/c1-7-13(2)26(29)35-21-15(4)14(3)8-16-9-18(30-5)23(31-6)25(28)27(16)11-32-24-20(27)17(21)10-19-22(24)34-12-33-19/h7,9-10,14-15,21H,8,11-12H2,1-6H3/b13-7-. The van der Waals surface area contributed by atoms with Crippen molar-refractivity contribution in [3.63, 3.8) is 0 Å². The van der Waals surface area contributed by atoms with Gasteiger partial charge in [-0.15, -0.1) is 0 Å². The summed E-state index contributed by atoms with van der Waals surface area (Å²) in [6.07, 6.45) is 3.58. The molecule has 2 aliphatic heterocycles. The van der Waals surface area contributed by atoms with Gasteiger partial charge >= 0.3 is 5.97 Å². The molecule has 2 heterocycles. The van der Waals surface area contributed by atoms with E-state index in [2.05, 4.69) is 13.8 Å². The fourth-order valence-electron chi connectivity index (χ4n) is 5.51. The molecule has 8 heteroatoms. The van der Waals surface area contributed by atoms with Gasteiger partial charge in [0.2, 0.25) is 24.1 Å². The first-order chi connectivity index (χ1) is 16.8. The third-order valence-electron chi connectivity index (χ3n) is 7.82. The Labute approximate surface area is 204 Å². The van der Waals surface area contributed by atoms with Crippen LogP contribution in [0.4, 0.5) is 0 Å². The summed E-state index contributed by atoms with van der Waals surface area (Å²) in [5, 5.41) is 0. The van der Waals surface area contributed by atoms with E-state index in [1.807, 2.05) is 12.1 Å². The number of carbonyl (C=O) groups excluding carboxylic acids is 2. The average molecular weight is 483 g/mol. The molecule has 186 valence electrons. The molecule has 0 amide bonds. The second kappa shape index (κ2) is 8.36. The summed E-state index contributed by atoms with van der Waals surface area (Å²) in [5.74, 6) is 1.30. The smallest absolute Gasteiger partial charge is 0.333 e. The van der Waals surface area contributed by atoms with Gasteiger partial charge in [-0.1, -0.05) is 19.9 Å². The molecular weight excluding hydrogens is 452 g/mol. The van der Waals surface area contributed by atoms with E-state index in [-0.39, 0.29) is 36.8 Å². The molecular formula is C27H30O8. The van der Waals surface area contributed by atoms with E-state index in [1.54, 1.807) is 19.9 Å². The number of benzene rings is 1. The van der Waals surface area contributed by atoms with Crippen molar-refractivity contribution in [2.45, 2.75) is 45.6 Å². The number of fused-ring (bicyclic) bond motifs is 2. The maximum absolute atomic E-state index is 14.2. The van der Waals surface area contributed by atoms with E-state index in [4.69, 9.17) is 28.4 Å². The highest BCUT2D eigenvalue weighted by Gasteiger charge is 2.59. The highest BCUT2D eigenvalue weighted by Crippen LogP contribution is 2.61. The number of hydrogen-bond donors (Lipinski definition) is 0. The van der Waals surface area contributed by atoms with Crippen molar-refractivity contribution in [2.24, 2.45) is 11.8 Å². The van der Waals surface area contributed by atoms with Crippen LogP contribution in [0.25, 0.3) is 0 Å². The summed E-state index contributed by atoms with van der Waals surface area (Å²) >= 11 is 0. The van der Waals surface area contributed by atoms with Crippen molar-refractivity contribution >= 4 is 11.8 Å². The Morgan fingerprint density at radius 3 is 2.60 bits per heavy atom. The topological polar surface area (TPSA) is 89.5 Å². The Bertz CT molecular complexity index is 1210. The zero-order chi connectivity index (χ0) is 25.1. The molecule has 35 heavy (non-hydrogen) atoms. The third-order valence-corrected chi connectivity index (χ3v) is 7.82. The molecule has 0 N–H and O–H groups in total. The zero-order valence-electron chi connectivity index (χ0n) is 20.9. The van der Waals surface area contributed by atoms with Crippen LogP contribution < -0.4 is 14.2 Å². The minimum atomic E-state index is -1.15. The Hall–Kier alpha value is -3.42. The summed E-state index contributed by atoms with van der Waals surface area (Å²) in [5.41, 5.74) is 1.59. The summed E-state index contributed by atoms with van der Waals surface area (Å²) in [4.78, 5) is 27.1. The van der Waals surface area contributed by atoms with Crippen molar-refractivity contribution in [2.75, 3.05) is 27.6 Å². The van der Waals surface area contributed by atoms with Gasteiger partial charge in [0.15, 0.2) is 17.3 Å². The van der Waals surface area contributed by atoms with Crippen LogP contribution in [0.2, 0.25) is 0 Å². The number of hydrogen-bond acceptors (Lipinski definition) is 8. The van der Waals surface area contributed by atoms with Gasteiger partial charge in [0, 0.05) is 22.6 Å². The summed E-state index contributed by atoms with van der Waals surface area (Å²) < 4.78 is 34.9. The molecule has 4 atom stereocenters. The monoisotopic (exact) mass is 482 g/mol. The number of rotatable bonds is 4. The minimum Gasteiger partial charge on any atom is -0.493 e. The van der Waals surface area contributed by atoms with Gasteiger partial charge in [-0.25, -0.2) is 4.79 Å². The molecule has 0 saturated carbocycles. The van der Waals surface area contributed by atoms with Gasteiger partial charge in [0.05, 0.1) is 14.2 Å². The van der Waals surface area contributed by atoms with Crippen molar-refractivity contribution in [1.29, 1.82) is 0 Å². The number of allylic oxidation sites excluding steroid dienone is 3. The van der Waals surface area contributed by atoms with Gasteiger partial charge in [-0.3, -0.25) is 4.79 Å². The first-order valence-corrected chi connectivity index (χ1v) is 11.8. The minimum absolute atomic E-state index is 0.0450. The normalized spacial score (nSPS) is 28.9. The van der Waals surface area contributed by atoms with Gasteiger partial charge in [-0.05, 0) is 43.9 Å². The lowest BCUT2D eigenvalue weighted by atomic mass is 9.62. The van der Waals surface area contributed by atoms with E-state index in [9.17, 15) is 9.59 Å². The Kier molecular flexibility index (Phi) is 5.57. The predicted molar refractivity (Wildman–Crippen MR) is 125 cm³/mol. The second-order valence-corrected chi connectivity index (χ2v) is 9.54. The number of Topliss-reactive ketones (excluding diaryl/α,β-unsaturated/α-hetero) is 1. The lowest BCUT2D eigenvalue weighted by molar-refractivity contribution is -0.148. The molecule has 8 nitrogen and oxygen atoms in total. The van der Waals surface area contributed by atoms with Crippen LogP contribution in [-0.2, 0) is 29.2 Å².